The number of likely N-dealkylation sites (N-methyl/N-ethyl adjacent to an activating group) is 1. The Morgan fingerprint density at radius 1 is 1.39 bits per heavy atom. The number of aryl methyl sites for hydroxylation is 2. The molecule has 0 spiro atoms. The van der Waals surface area contributed by atoms with E-state index in [2.05, 4.69) is 29.2 Å². The van der Waals surface area contributed by atoms with E-state index in [1.165, 1.54) is 0 Å². The first-order valence-corrected chi connectivity index (χ1v) is 6.66. The first-order valence-electron chi connectivity index (χ1n) is 6.66. The topological polar surface area (TPSA) is 50.2 Å². The van der Waals surface area contributed by atoms with Gasteiger partial charge in [-0.15, -0.1) is 0 Å². The summed E-state index contributed by atoms with van der Waals surface area (Å²) in [5.41, 5.74) is 1.47. The Labute approximate surface area is 109 Å². The van der Waals surface area contributed by atoms with Crippen LogP contribution in [0.25, 0.3) is 0 Å². The second kappa shape index (κ2) is 7.16. The summed E-state index contributed by atoms with van der Waals surface area (Å²) >= 11 is 0. The molecule has 0 saturated carbocycles. The van der Waals surface area contributed by atoms with E-state index in [0.717, 1.165) is 31.9 Å². The predicted molar refractivity (Wildman–Crippen MR) is 72.8 cm³/mol. The van der Waals surface area contributed by atoms with E-state index in [-0.39, 0.29) is 5.91 Å². The van der Waals surface area contributed by atoms with Gasteiger partial charge in [-0.05, 0) is 26.9 Å². The third-order valence-electron chi connectivity index (χ3n) is 3.12. The zero-order chi connectivity index (χ0) is 13.5. The number of amides is 1. The normalized spacial score (nSPS) is 10.9. The van der Waals surface area contributed by atoms with Gasteiger partial charge in [-0.1, -0.05) is 13.8 Å². The van der Waals surface area contributed by atoms with Gasteiger partial charge in [0.1, 0.15) is 0 Å². The van der Waals surface area contributed by atoms with Crippen molar-refractivity contribution in [3.8, 4) is 0 Å². The van der Waals surface area contributed by atoms with Crippen LogP contribution in [0.3, 0.4) is 0 Å². The molecule has 1 amide bonds. The minimum atomic E-state index is -0.0284. The minimum Gasteiger partial charge on any atom is -0.351 e. The van der Waals surface area contributed by atoms with Crippen LogP contribution in [0.4, 0.5) is 0 Å². The summed E-state index contributed by atoms with van der Waals surface area (Å²) in [7, 11) is 0. The Hall–Kier alpha value is -1.36. The van der Waals surface area contributed by atoms with Crippen molar-refractivity contribution in [2.75, 3.05) is 26.2 Å². The number of nitrogens with one attached hydrogen (secondary N) is 1. The van der Waals surface area contributed by atoms with Crippen molar-refractivity contribution >= 4 is 5.91 Å². The summed E-state index contributed by atoms with van der Waals surface area (Å²) in [6.07, 6.45) is 1.81. The highest BCUT2D eigenvalue weighted by atomic mass is 16.1. The van der Waals surface area contributed by atoms with Gasteiger partial charge in [0.25, 0.3) is 5.91 Å². The molecule has 0 unspecified atom stereocenters. The summed E-state index contributed by atoms with van der Waals surface area (Å²) in [5, 5.41) is 7.21. The summed E-state index contributed by atoms with van der Waals surface area (Å²) in [6, 6.07) is 0. The Kier molecular flexibility index (Phi) is 5.85. The largest absolute Gasteiger partial charge is 0.351 e. The fourth-order valence-corrected chi connectivity index (χ4v) is 1.87. The lowest BCUT2D eigenvalue weighted by Gasteiger charge is -2.17. The van der Waals surface area contributed by atoms with Crippen LogP contribution < -0.4 is 5.32 Å². The zero-order valence-corrected chi connectivity index (χ0v) is 11.9. The Morgan fingerprint density at radius 3 is 2.56 bits per heavy atom. The first-order chi connectivity index (χ1) is 8.62. The molecule has 0 fully saturated rings. The molecule has 1 aromatic heterocycles. The molecule has 0 radical (unpaired) electrons. The van der Waals surface area contributed by atoms with Gasteiger partial charge in [-0.2, -0.15) is 5.10 Å². The maximum absolute atomic E-state index is 12.0. The third kappa shape index (κ3) is 3.84. The highest BCUT2D eigenvalue weighted by molar-refractivity contribution is 5.94. The number of carbonyl (C=O) groups is 1. The smallest absolute Gasteiger partial charge is 0.254 e. The van der Waals surface area contributed by atoms with Crippen molar-refractivity contribution in [2.24, 2.45) is 0 Å². The van der Waals surface area contributed by atoms with E-state index in [1.807, 2.05) is 20.0 Å². The number of hydrogen-bond acceptors (Lipinski definition) is 3. The molecule has 5 heteroatoms. The zero-order valence-electron chi connectivity index (χ0n) is 11.9. The molecule has 1 aromatic rings. The SMILES string of the molecule is CCN(CC)CCNC(=O)c1cn(CC)nc1C. The highest BCUT2D eigenvalue weighted by Crippen LogP contribution is 2.05. The van der Waals surface area contributed by atoms with E-state index < -0.39 is 0 Å². The summed E-state index contributed by atoms with van der Waals surface area (Å²) in [4.78, 5) is 14.3. The van der Waals surface area contributed by atoms with Gasteiger partial charge in [0.2, 0.25) is 0 Å². The molecule has 0 bridgehead atoms. The molecule has 102 valence electrons. The quantitative estimate of drug-likeness (QED) is 0.795. The fourth-order valence-electron chi connectivity index (χ4n) is 1.87. The molecular weight excluding hydrogens is 228 g/mol. The molecule has 1 heterocycles. The van der Waals surface area contributed by atoms with Gasteiger partial charge in [-0.25, -0.2) is 0 Å². The molecular formula is C13H24N4O. The fraction of sp³-hybridized carbons (Fsp3) is 0.692. The summed E-state index contributed by atoms with van der Waals surface area (Å²) in [6.45, 7) is 12.5. The van der Waals surface area contributed by atoms with Gasteiger partial charge in [0.05, 0.1) is 11.3 Å². The molecule has 0 aliphatic heterocycles. The van der Waals surface area contributed by atoms with Gasteiger partial charge >= 0.3 is 0 Å². The van der Waals surface area contributed by atoms with E-state index in [4.69, 9.17) is 0 Å². The van der Waals surface area contributed by atoms with Gasteiger partial charge in [0.15, 0.2) is 0 Å². The number of aromatic nitrogens is 2. The molecule has 0 aliphatic carbocycles. The monoisotopic (exact) mass is 252 g/mol. The lowest BCUT2D eigenvalue weighted by Crippen LogP contribution is -2.34. The van der Waals surface area contributed by atoms with Crippen LogP contribution >= 0.6 is 0 Å². The van der Waals surface area contributed by atoms with Crippen LogP contribution in [0.2, 0.25) is 0 Å². The Morgan fingerprint density at radius 2 is 2.06 bits per heavy atom. The third-order valence-corrected chi connectivity index (χ3v) is 3.12. The summed E-state index contributed by atoms with van der Waals surface area (Å²) in [5.74, 6) is -0.0284. The molecule has 0 aromatic carbocycles. The molecule has 0 aliphatic rings. The summed E-state index contributed by atoms with van der Waals surface area (Å²) < 4.78 is 1.79. The minimum absolute atomic E-state index is 0.0284. The lowest BCUT2D eigenvalue weighted by molar-refractivity contribution is 0.0948. The second-order valence-corrected chi connectivity index (χ2v) is 4.27. The second-order valence-electron chi connectivity index (χ2n) is 4.27. The van der Waals surface area contributed by atoms with Crippen molar-refractivity contribution in [2.45, 2.75) is 34.2 Å². The maximum atomic E-state index is 12.0. The molecule has 1 N–H and O–H groups in total. The number of nitrogens with zero attached hydrogens (tertiary/aromatic N) is 3. The Bertz CT molecular complexity index is 382. The predicted octanol–water partition coefficient (Wildman–Crippen LogP) is 1.28. The standard InChI is InChI=1S/C13H24N4O/c1-5-16(6-2)9-8-14-13(18)12-10-17(7-3)15-11(12)4/h10H,5-9H2,1-4H3,(H,14,18). The van der Waals surface area contributed by atoms with Gasteiger partial charge in [0, 0.05) is 25.8 Å². The first kappa shape index (κ1) is 14.7. The number of hydrogen-bond donors (Lipinski definition) is 1. The molecule has 18 heavy (non-hydrogen) atoms. The Balaban J connectivity index is 2.47. The molecule has 0 atom stereocenters. The van der Waals surface area contributed by atoms with Crippen molar-refractivity contribution in [3.05, 3.63) is 17.5 Å². The van der Waals surface area contributed by atoms with Gasteiger partial charge in [-0.3, -0.25) is 9.48 Å². The van der Waals surface area contributed by atoms with Crippen LogP contribution in [0.1, 0.15) is 36.8 Å². The molecule has 0 saturated heterocycles. The van der Waals surface area contributed by atoms with Crippen molar-refractivity contribution in [1.82, 2.24) is 20.0 Å². The average Bonchev–Trinajstić information content (AvgIpc) is 2.76. The van der Waals surface area contributed by atoms with Crippen molar-refractivity contribution < 1.29 is 4.79 Å². The molecule has 1 rings (SSSR count). The molecule has 5 nitrogen and oxygen atoms in total. The van der Waals surface area contributed by atoms with E-state index >= 15 is 0 Å². The van der Waals surface area contributed by atoms with E-state index in [0.29, 0.717) is 12.1 Å². The van der Waals surface area contributed by atoms with E-state index in [9.17, 15) is 4.79 Å². The van der Waals surface area contributed by atoms with Crippen LogP contribution in [0, 0.1) is 6.92 Å². The average molecular weight is 252 g/mol. The lowest BCUT2D eigenvalue weighted by atomic mass is 10.2. The van der Waals surface area contributed by atoms with Crippen LogP contribution in [0.5, 0.6) is 0 Å². The van der Waals surface area contributed by atoms with Crippen LogP contribution in [-0.2, 0) is 6.54 Å². The van der Waals surface area contributed by atoms with Crippen molar-refractivity contribution in [1.29, 1.82) is 0 Å². The maximum Gasteiger partial charge on any atom is 0.254 e. The van der Waals surface area contributed by atoms with Crippen LogP contribution in [-0.4, -0.2) is 46.8 Å². The van der Waals surface area contributed by atoms with Crippen molar-refractivity contribution in [3.63, 3.8) is 0 Å². The highest BCUT2D eigenvalue weighted by Gasteiger charge is 2.12. The number of carbonyl (C=O) groups excluding carboxylic acids is 1. The van der Waals surface area contributed by atoms with E-state index in [1.54, 1.807) is 4.68 Å². The number of rotatable bonds is 7. The van der Waals surface area contributed by atoms with Gasteiger partial charge < -0.3 is 10.2 Å². The van der Waals surface area contributed by atoms with Crippen LogP contribution in [0.15, 0.2) is 6.20 Å².